The second-order valence-corrected chi connectivity index (χ2v) is 7.30. The summed E-state index contributed by atoms with van der Waals surface area (Å²) in [5.41, 5.74) is 3.47. The highest BCUT2D eigenvalue weighted by atomic mass is 19.1. The number of hydrogen-bond donors (Lipinski definition) is 3. The number of amides is 1. The summed E-state index contributed by atoms with van der Waals surface area (Å²) in [7, 11) is 0. The lowest BCUT2D eigenvalue weighted by atomic mass is 9.89. The zero-order valence-corrected chi connectivity index (χ0v) is 15.6. The molecule has 0 aliphatic carbocycles. The Bertz CT molecular complexity index is 960. The predicted molar refractivity (Wildman–Crippen MR) is 108 cm³/mol. The molecule has 0 atom stereocenters. The number of nitrogens with zero attached hydrogens (tertiary/aromatic N) is 1. The first kappa shape index (κ1) is 18.7. The quantitative estimate of drug-likeness (QED) is 0.631. The van der Waals surface area contributed by atoms with Crippen molar-refractivity contribution < 1.29 is 14.3 Å². The van der Waals surface area contributed by atoms with Gasteiger partial charge >= 0.3 is 0 Å². The SMILES string of the molecule is O=C(Nc1ccc2[nH]cc(C3CCN(CCO)CC3)c2c1)c1ccc(F)cc1. The van der Waals surface area contributed by atoms with Gasteiger partial charge in [-0.3, -0.25) is 4.79 Å². The van der Waals surface area contributed by atoms with Crippen molar-refractivity contribution in [3.05, 3.63) is 65.6 Å². The highest BCUT2D eigenvalue weighted by molar-refractivity contribution is 6.05. The number of aromatic amines is 1. The molecule has 1 aliphatic heterocycles. The molecule has 4 rings (SSSR count). The van der Waals surface area contributed by atoms with Crippen LogP contribution in [0.2, 0.25) is 0 Å². The van der Waals surface area contributed by atoms with Crippen LogP contribution in [0, 0.1) is 5.82 Å². The molecule has 1 aromatic heterocycles. The van der Waals surface area contributed by atoms with Gasteiger partial charge in [-0.2, -0.15) is 0 Å². The third-order valence-electron chi connectivity index (χ3n) is 5.52. The molecule has 2 heterocycles. The van der Waals surface area contributed by atoms with E-state index in [0.29, 0.717) is 11.5 Å². The molecular weight excluding hydrogens is 357 g/mol. The van der Waals surface area contributed by atoms with Crippen LogP contribution in [-0.2, 0) is 0 Å². The largest absolute Gasteiger partial charge is 0.395 e. The number of rotatable bonds is 5. The molecule has 0 unspecified atom stereocenters. The van der Waals surface area contributed by atoms with Crippen LogP contribution in [0.3, 0.4) is 0 Å². The van der Waals surface area contributed by atoms with Crippen molar-refractivity contribution in [1.82, 2.24) is 9.88 Å². The fourth-order valence-corrected chi connectivity index (χ4v) is 3.97. The molecule has 3 aromatic rings. The van der Waals surface area contributed by atoms with Gasteiger partial charge in [0.25, 0.3) is 5.91 Å². The maximum atomic E-state index is 13.1. The number of H-pyrrole nitrogens is 1. The van der Waals surface area contributed by atoms with Crippen LogP contribution in [0.5, 0.6) is 0 Å². The molecule has 146 valence electrons. The minimum Gasteiger partial charge on any atom is -0.395 e. The summed E-state index contributed by atoms with van der Waals surface area (Å²) in [5, 5.41) is 13.1. The maximum absolute atomic E-state index is 13.1. The molecule has 0 bridgehead atoms. The van der Waals surface area contributed by atoms with E-state index in [2.05, 4.69) is 21.4 Å². The van der Waals surface area contributed by atoms with Gasteiger partial charge in [-0.25, -0.2) is 4.39 Å². The number of aliphatic hydroxyl groups is 1. The number of likely N-dealkylation sites (tertiary alicyclic amines) is 1. The first-order valence-corrected chi connectivity index (χ1v) is 9.65. The van der Waals surface area contributed by atoms with Crippen LogP contribution >= 0.6 is 0 Å². The molecule has 0 saturated carbocycles. The van der Waals surface area contributed by atoms with Gasteiger partial charge in [0.15, 0.2) is 0 Å². The maximum Gasteiger partial charge on any atom is 0.255 e. The Labute approximate surface area is 163 Å². The minimum atomic E-state index is -0.361. The fraction of sp³-hybridized carbons (Fsp3) is 0.318. The molecule has 6 heteroatoms. The van der Waals surface area contributed by atoms with E-state index in [1.54, 1.807) is 0 Å². The van der Waals surface area contributed by atoms with E-state index in [0.717, 1.165) is 49.1 Å². The van der Waals surface area contributed by atoms with Gasteiger partial charge < -0.3 is 20.3 Å². The molecule has 1 amide bonds. The Balaban J connectivity index is 1.51. The lowest BCUT2D eigenvalue weighted by molar-refractivity contribution is 0.102. The Morgan fingerprint density at radius 3 is 2.64 bits per heavy atom. The Morgan fingerprint density at radius 2 is 1.93 bits per heavy atom. The number of nitrogens with one attached hydrogen (secondary N) is 2. The number of β-amino-alcohol motifs (C(OH)–C–C–N with tert-alkyl or cyclic N) is 1. The number of carbonyl (C=O) groups is 1. The van der Waals surface area contributed by atoms with Crippen molar-refractivity contribution in [1.29, 1.82) is 0 Å². The number of aromatic nitrogens is 1. The first-order chi connectivity index (χ1) is 13.6. The molecule has 3 N–H and O–H groups in total. The van der Waals surface area contributed by atoms with E-state index in [9.17, 15) is 9.18 Å². The van der Waals surface area contributed by atoms with Crippen LogP contribution in [-0.4, -0.2) is 47.1 Å². The van der Waals surface area contributed by atoms with Crippen molar-refractivity contribution in [3.63, 3.8) is 0 Å². The second kappa shape index (κ2) is 8.12. The lowest BCUT2D eigenvalue weighted by Gasteiger charge is -2.31. The number of fused-ring (bicyclic) bond motifs is 1. The molecule has 1 aliphatic rings. The zero-order chi connectivity index (χ0) is 19.5. The zero-order valence-electron chi connectivity index (χ0n) is 15.6. The van der Waals surface area contributed by atoms with Gasteiger partial charge in [0.05, 0.1) is 6.61 Å². The van der Waals surface area contributed by atoms with E-state index in [1.807, 2.05) is 18.2 Å². The first-order valence-electron chi connectivity index (χ1n) is 9.65. The summed E-state index contributed by atoms with van der Waals surface area (Å²) in [6.07, 6.45) is 4.18. The topological polar surface area (TPSA) is 68.4 Å². The lowest BCUT2D eigenvalue weighted by Crippen LogP contribution is -2.34. The molecule has 0 spiro atoms. The summed E-state index contributed by atoms with van der Waals surface area (Å²) in [5.74, 6) is -0.152. The van der Waals surface area contributed by atoms with Crippen molar-refractivity contribution in [2.24, 2.45) is 0 Å². The molecule has 1 fully saturated rings. The van der Waals surface area contributed by atoms with Crippen LogP contribution in [0.15, 0.2) is 48.7 Å². The standard InChI is InChI=1S/C22H24FN3O2/c23-17-3-1-16(2-4-17)22(28)25-18-5-6-21-19(13-18)20(14-24-21)15-7-9-26(10-8-15)11-12-27/h1-6,13-15,24,27H,7-12H2,(H,25,28). The normalized spacial score (nSPS) is 15.8. The smallest absolute Gasteiger partial charge is 0.255 e. The average molecular weight is 381 g/mol. The van der Waals surface area contributed by atoms with Crippen LogP contribution in [0.1, 0.15) is 34.7 Å². The Hall–Kier alpha value is -2.70. The Morgan fingerprint density at radius 1 is 1.18 bits per heavy atom. The van der Waals surface area contributed by atoms with Crippen molar-refractivity contribution in [3.8, 4) is 0 Å². The molecule has 0 radical (unpaired) electrons. The van der Waals surface area contributed by atoms with Gasteiger partial charge in [-0.1, -0.05) is 0 Å². The van der Waals surface area contributed by atoms with E-state index in [-0.39, 0.29) is 18.3 Å². The van der Waals surface area contributed by atoms with Crippen molar-refractivity contribution >= 4 is 22.5 Å². The monoisotopic (exact) mass is 381 g/mol. The minimum absolute atomic E-state index is 0.203. The van der Waals surface area contributed by atoms with Gasteiger partial charge in [-0.15, -0.1) is 0 Å². The number of anilines is 1. The van der Waals surface area contributed by atoms with E-state index < -0.39 is 0 Å². The van der Waals surface area contributed by atoms with Gasteiger partial charge in [0.1, 0.15) is 5.82 Å². The third-order valence-corrected chi connectivity index (χ3v) is 5.52. The molecular formula is C22H24FN3O2. The van der Waals surface area contributed by atoms with E-state index in [4.69, 9.17) is 5.11 Å². The highest BCUT2D eigenvalue weighted by Gasteiger charge is 2.22. The van der Waals surface area contributed by atoms with Gasteiger partial charge in [-0.05, 0) is 79.9 Å². The summed E-state index contributed by atoms with van der Waals surface area (Å²) in [4.78, 5) is 18.0. The number of halogens is 1. The summed E-state index contributed by atoms with van der Waals surface area (Å²) >= 11 is 0. The highest BCUT2D eigenvalue weighted by Crippen LogP contribution is 2.34. The summed E-state index contributed by atoms with van der Waals surface area (Å²) < 4.78 is 13.1. The van der Waals surface area contributed by atoms with E-state index in [1.165, 1.54) is 29.8 Å². The number of hydrogen-bond acceptors (Lipinski definition) is 3. The van der Waals surface area contributed by atoms with Crippen molar-refractivity contribution in [2.75, 3.05) is 31.6 Å². The summed E-state index contributed by atoms with van der Waals surface area (Å²) in [6, 6.07) is 11.4. The fourth-order valence-electron chi connectivity index (χ4n) is 3.97. The van der Waals surface area contributed by atoms with Crippen LogP contribution in [0.25, 0.3) is 10.9 Å². The van der Waals surface area contributed by atoms with E-state index >= 15 is 0 Å². The summed E-state index contributed by atoms with van der Waals surface area (Å²) in [6.45, 7) is 2.91. The van der Waals surface area contributed by atoms with Crippen molar-refractivity contribution in [2.45, 2.75) is 18.8 Å². The molecule has 28 heavy (non-hydrogen) atoms. The predicted octanol–water partition coefficient (Wildman–Crippen LogP) is 3.73. The number of aliphatic hydroxyl groups excluding tert-OH is 1. The molecule has 5 nitrogen and oxygen atoms in total. The average Bonchev–Trinajstić information content (AvgIpc) is 3.12. The van der Waals surface area contributed by atoms with Gasteiger partial charge in [0.2, 0.25) is 0 Å². The molecule has 1 saturated heterocycles. The van der Waals surface area contributed by atoms with Crippen LogP contribution in [0.4, 0.5) is 10.1 Å². The number of carbonyl (C=O) groups excluding carboxylic acids is 1. The third kappa shape index (κ3) is 3.93. The van der Waals surface area contributed by atoms with Gasteiger partial charge in [0, 0.05) is 34.9 Å². The number of benzene rings is 2. The number of piperidine rings is 1. The van der Waals surface area contributed by atoms with Crippen LogP contribution < -0.4 is 5.32 Å². The molecule has 2 aromatic carbocycles. The second-order valence-electron chi connectivity index (χ2n) is 7.30. The Kier molecular flexibility index (Phi) is 5.41.